The molecular weight excluding hydrogens is 416 g/mol. The lowest BCUT2D eigenvalue weighted by atomic mass is 9.89. The van der Waals surface area contributed by atoms with E-state index in [1.165, 1.54) is 5.56 Å². The molecule has 1 aromatic heterocycles. The number of rotatable bonds is 6. The van der Waals surface area contributed by atoms with E-state index in [2.05, 4.69) is 20.8 Å². The molecule has 0 spiro atoms. The molecule has 7 nitrogen and oxygen atoms in total. The number of hydrogen-bond acceptors (Lipinski definition) is 4. The zero-order valence-corrected chi connectivity index (χ0v) is 19.3. The van der Waals surface area contributed by atoms with Crippen molar-refractivity contribution in [3.63, 3.8) is 0 Å². The summed E-state index contributed by atoms with van der Waals surface area (Å²) in [5.74, 6) is -0.267. The van der Waals surface area contributed by atoms with Crippen molar-refractivity contribution in [2.75, 3.05) is 5.32 Å². The highest BCUT2D eigenvalue weighted by atomic mass is 16.6. The van der Waals surface area contributed by atoms with Crippen LogP contribution < -0.4 is 10.6 Å². The van der Waals surface area contributed by atoms with Crippen LogP contribution in [0.5, 0.6) is 0 Å². The molecule has 1 aliphatic carbocycles. The number of amides is 2. The maximum Gasteiger partial charge on any atom is 0.408 e. The van der Waals surface area contributed by atoms with Crippen molar-refractivity contribution >= 4 is 17.7 Å². The molecule has 0 saturated carbocycles. The maximum absolute atomic E-state index is 13.2. The summed E-state index contributed by atoms with van der Waals surface area (Å²) in [6.07, 6.45) is 4.12. The molecule has 33 heavy (non-hydrogen) atoms. The second kappa shape index (κ2) is 9.48. The quantitative estimate of drug-likeness (QED) is 0.514. The molecular formula is C26H30N4O3. The highest BCUT2D eigenvalue weighted by molar-refractivity contribution is 5.97. The Kier molecular flexibility index (Phi) is 6.49. The van der Waals surface area contributed by atoms with Crippen molar-refractivity contribution in [2.45, 2.75) is 58.1 Å². The average molecular weight is 447 g/mol. The van der Waals surface area contributed by atoms with E-state index in [4.69, 9.17) is 4.74 Å². The lowest BCUT2D eigenvalue weighted by Crippen LogP contribution is -2.46. The van der Waals surface area contributed by atoms with Gasteiger partial charge in [-0.15, -0.1) is 0 Å². The average Bonchev–Trinajstić information content (AvgIpc) is 3.25. The van der Waals surface area contributed by atoms with Crippen LogP contribution in [0.25, 0.3) is 11.1 Å². The van der Waals surface area contributed by atoms with Gasteiger partial charge in [0, 0.05) is 16.9 Å². The molecule has 1 atom stereocenters. The second-order valence-electron chi connectivity index (χ2n) is 9.35. The van der Waals surface area contributed by atoms with Crippen LogP contribution in [0.4, 0.5) is 10.5 Å². The fourth-order valence-corrected chi connectivity index (χ4v) is 4.04. The van der Waals surface area contributed by atoms with Gasteiger partial charge in [0.1, 0.15) is 11.6 Å². The summed E-state index contributed by atoms with van der Waals surface area (Å²) in [7, 11) is 0. The van der Waals surface area contributed by atoms with E-state index in [1.54, 1.807) is 20.8 Å². The molecule has 0 aliphatic heterocycles. The lowest BCUT2D eigenvalue weighted by molar-refractivity contribution is -0.118. The second-order valence-corrected chi connectivity index (χ2v) is 9.35. The van der Waals surface area contributed by atoms with Gasteiger partial charge in [-0.25, -0.2) is 4.79 Å². The molecule has 2 amide bonds. The van der Waals surface area contributed by atoms with Gasteiger partial charge < -0.3 is 15.4 Å². The van der Waals surface area contributed by atoms with Crippen LogP contribution in [0.1, 0.15) is 44.0 Å². The number of nitrogens with zero attached hydrogens (tertiary/aromatic N) is 1. The first kappa shape index (κ1) is 22.6. The minimum absolute atomic E-state index is 0.267. The van der Waals surface area contributed by atoms with E-state index >= 15 is 0 Å². The molecule has 3 N–H and O–H groups in total. The van der Waals surface area contributed by atoms with Crippen LogP contribution in [-0.2, 0) is 28.8 Å². The Hall–Kier alpha value is -3.61. The zero-order valence-electron chi connectivity index (χ0n) is 19.3. The number of aryl methyl sites for hydroxylation is 3. The van der Waals surface area contributed by atoms with Crippen LogP contribution in [0, 0.1) is 0 Å². The molecule has 3 aromatic rings. The highest BCUT2D eigenvalue weighted by Gasteiger charge is 2.25. The number of ether oxygens (including phenoxy) is 1. The predicted molar refractivity (Wildman–Crippen MR) is 128 cm³/mol. The number of carbonyl (C=O) groups excluding carboxylic acids is 2. The minimum Gasteiger partial charge on any atom is -0.444 e. The normalized spacial score (nSPS) is 13.4. The number of benzene rings is 2. The SMILES string of the molecule is CC(C)(C)OC(=O)NC(CCc1ccccc1)C(=O)Nc1ccc2c(c1)CCc1[nH]ncc1-2. The molecule has 172 valence electrons. The monoisotopic (exact) mass is 446 g/mol. The van der Waals surface area contributed by atoms with Crippen molar-refractivity contribution in [1.82, 2.24) is 15.5 Å². The van der Waals surface area contributed by atoms with Gasteiger partial charge in [0.05, 0.1) is 6.20 Å². The molecule has 7 heteroatoms. The number of nitrogens with one attached hydrogen (secondary N) is 3. The predicted octanol–water partition coefficient (Wildman–Crippen LogP) is 4.64. The Balaban J connectivity index is 1.47. The summed E-state index contributed by atoms with van der Waals surface area (Å²) in [6, 6.07) is 15.1. The fourth-order valence-electron chi connectivity index (χ4n) is 4.04. The van der Waals surface area contributed by atoms with Gasteiger partial charge in [0.25, 0.3) is 0 Å². The topological polar surface area (TPSA) is 96.1 Å². The smallest absolute Gasteiger partial charge is 0.408 e. The molecule has 2 aromatic carbocycles. The summed E-state index contributed by atoms with van der Waals surface area (Å²) < 4.78 is 5.38. The Bertz CT molecular complexity index is 1130. The van der Waals surface area contributed by atoms with Crippen LogP contribution in [0.3, 0.4) is 0 Å². The molecule has 1 heterocycles. The van der Waals surface area contributed by atoms with Crippen LogP contribution in [0.2, 0.25) is 0 Å². The first-order valence-corrected chi connectivity index (χ1v) is 11.3. The van der Waals surface area contributed by atoms with Crippen molar-refractivity contribution < 1.29 is 14.3 Å². The summed E-state index contributed by atoms with van der Waals surface area (Å²) in [4.78, 5) is 25.6. The number of hydrogen-bond donors (Lipinski definition) is 3. The van der Waals surface area contributed by atoms with Crippen molar-refractivity contribution in [3.05, 3.63) is 71.5 Å². The van der Waals surface area contributed by atoms with Gasteiger partial charge in [-0.05, 0) is 75.3 Å². The standard InChI is InChI=1S/C26H30N4O3/c1-26(2,3)33-25(32)29-23(13-9-17-7-5-4-6-8-17)24(31)28-19-11-12-20-18(15-19)10-14-22-21(20)16-27-30-22/h4-8,11-12,15-16,23H,9-10,13-14H2,1-3H3,(H,27,30)(H,28,31)(H,29,32). The van der Waals surface area contributed by atoms with E-state index in [1.807, 2.05) is 54.7 Å². The first-order valence-electron chi connectivity index (χ1n) is 11.3. The van der Waals surface area contributed by atoms with Gasteiger partial charge in [-0.2, -0.15) is 5.10 Å². The fraction of sp³-hybridized carbons (Fsp3) is 0.346. The summed E-state index contributed by atoms with van der Waals surface area (Å²) in [5, 5.41) is 12.9. The van der Waals surface area contributed by atoms with Crippen LogP contribution in [-0.4, -0.2) is 33.8 Å². The number of aromatic nitrogens is 2. The third kappa shape index (κ3) is 5.80. The number of carbonyl (C=O) groups is 2. The number of fused-ring (bicyclic) bond motifs is 3. The van der Waals surface area contributed by atoms with Crippen LogP contribution >= 0.6 is 0 Å². The molecule has 0 saturated heterocycles. The van der Waals surface area contributed by atoms with E-state index in [9.17, 15) is 9.59 Å². The highest BCUT2D eigenvalue weighted by Crippen LogP contribution is 2.33. The Morgan fingerprint density at radius 2 is 1.88 bits per heavy atom. The zero-order chi connectivity index (χ0) is 23.4. The van der Waals surface area contributed by atoms with E-state index in [0.29, 0.717) is 18.5 Å². The van der Waals surface area contributed by atoms with Crippen molar-refractivity contribution in [1.29, 1.82) is 0 Å². The molecule has 0 bridgehead atoms. The Morgan fingerprint density at radius 1 is 1.09 bits per heavy atom. The maximum atomic E-state index is 13.2. The van der Waals surface area contributed by atoms with Crippen molar-refractivity contribution in [3.8, 4) is 11.1 Å². The number of aromatic amines is 1. The van der Waals surface area contributed by atoms with Gasteiger partial charge >= 0.3 is 6.09 Å². The van der Waals surface area contributed by atoms with E-state index < -0.39 is 17.7 Å². The van der Waals surface area contributed by atoms with Gasteiger partial charge in [-0.1, -0.05) is 36.4 Å². The molecule has 4 rings (SSSR count). The Morgan fingerprint density at radius 3 is 2.64 bits per heavy atom. The number of alkyl carbamates (subject to hydrolysis) is 1. The third-order valence-electron chi connectivity index (χ3n) is 5.60. The summed E-state index contributed by atoms with van der Waals surface area (Å²) in [6.45, 7) is 5.39. The minimum atomic E-state index is -0.725. The largest absolute Gasteiger partial charge is 0.444 e. The number of anilines is 1. The first-order chi connectivity index (χ1) is 15.8. The molecule has 0 fully saturated rings. The van der Waals surface area contributed by atoms with E-state index in [-0.39, 0.29) is 5.91 Å². The van der Waals surface area contributed by atoms with Gasteiger partial charge in [0.2, 0.25) is 5.91 Å². The summed E-state index contributed by atoms with van der Waals surface area (Å²) >= 11 is 0. The summed E-state index contributed by atoms with van der Waals surface area (Å²) in [5.41, 5.74) is 5.73. The molecule has 0 radical (unpaired) electrons. The van der Waals surface area contributed by atoms with Gasteiger partial charge in [-0.3, -0.25) is 9.89 Å². The van der Waals surface area contributed by atoms with Gasteiger partial charge in [0.15, 0.2) is 0 Å². The molecule has 1 aliphatic rings. The lowest BCUT2D eigenvalue weighted by Gasteiger charge is -2.24. The number of H-pyrrole nitrogens is 1. The third-order valence-corrected chi connectivity index (χ3v) is 5.60. The Labute approximate surface area is 193 Å². The molecule has 1 unspecified atom stereocenters. The van der Waals surface area contributed by atoms with Crippen LogP contribution in [0.15, 0.2) is 54.7 Å². The van der Waals surface area contributed by atoms with Crippen molar-refractivity contribution in [2.24, 2.45) is 0 Å². The van der Waals surface area contributed by atoms with E-state index in [0.717, 1.165) is 35.2 Å².